The molecule has 1 heterocycles. The van der Waals surface area contributed by atoms with Crippen molar-refractivity contribution in [3.63, 3.8) is 0 Å². The van der Waals surface area contributed by atoms with Gasteiger partial charge in [0.2, 0.25) is 10.0 Å². The number of rotatable bonds is 4. The second kappa shape index (κ2) is 8.09. The van der Waals surface area contributed by atoms with Gasteiger partial charge in [-0.25, -0.2) is 12.8 Å². The monoisotopic (exact) mass is 395 g/mol. The summed E-state index contributed by atoms with van der Waals surface area (Å²) in [6.45, 7) is 1.46. The number of anilines is 2. The molecule has 0 unspecified atom stereocenters. The molecule has 0 aromatic heterocycles. The highest BCUT2D eigenvalue weighted by molar-refractivity contribution is 7.89. The molecule has 2 N–H and O–H groups in total. The highest BCUT2D eigenvalue weighted by Gasteiger charge is 2.26. The number of hydrogen-bond donors (Lipinski definition) is 2. The van der Waals surface area contributed by atoms with Crippen molar-refractivity contribution in [2.24, 2.45) is 0 Å². The summed E-state index contributed by atoms with van der Waals surface area (Å²) in [5.41, 5.74) is 1.17. The summed E-state index contributed by atoms with van der Waals surface area (Å²) in [5, 5.41) is 6.13. The summed E-state index contributed by atoms with van der Waals surface area (Å²) < 4.78 is 45.0. The van der Waals surface area contributed by atoms with Crippen molar-refractivity contribution in [2.75, 3.05) is 36.9 Å². The molecule has 6 nitrogen and oxygen atoms in total. The summed E-state index contributed by atoms with van der Waals surface area (Å²) in [4.78, 5) is 0.189. The number of nitrogens with one attached hydrogen (secondary N) is 2. The maximum absolute atomic E-state index is 12.9. The van der Waals surface area contributed by atoms with Crippen LogP contribution in [0.15, 0.2) is 53.4 Å². The fourth-order valence-electron chi connectivity index (χ4n) is 2.50. The molecular formula is C17H18FN3O3S2. The molecule has 1 aliphatic heterocycles. The molecule has 0 saturated carbocycles. The quantitative estimate of drug-likeness (QED) is 0.776. The third-order valence-electron chi connectivity index (χ3n) is 3.80. The van der Waals surface area contributed by atoms with Crippen molar-refractivity contribution in [1.29, 1.82) is 0 Å². The second-order valence-electron chi connectivity index (χ2n) is 5.63. The van der Waals surface area contributed by atoms with Crippen LogP contribution in [0.3, 0.4) is 0 Å². The van der Waals surface area contributed by atoms with E-state index in [-0.39, 0.29) is 15.8 Å². The maximum atomic E-state index is 12.9. The lowest BCUT2D eigenvalue weighted by molar-refractivity contribution is 0.0730. The van der Waals surface area contributed by atoms with Crippen LogP contribution in [0.25, 0.3) is 0 Å². The largest absolute Gasteiger partial charge is 0.379 e. The van der Waals surface area contributed by atoms with Crippen molar-refractivity contribution >= 4 is 38.7 Å². The van der Waals surface area contributed by atoms with Gasteiger partial charge in [0, 0.05) is 24.5 Å². The Labute approximate surface area is 157 Å². The lowest BCUT2D eigenvalue weighted by Crippen LogP contribution is -2.40. The zero-order valence-electron chi connectivity index (χ0n) is 13.8. The smallest absolute Gasteiger partial charge is 0.243 e. The SMILES string of the molecule is O=S(=O)(c1cccc(NC(=S)Nc2ccc(F)cc2)c1)N1CCOCC1. The Morgan fingerprint density at radius 2 is 1.69 bits per heavy atom. The van der Waals surface area contributed by atoms with Crippen LogP contribution < -0.4 is 10.6 Å². The number of ether oxygens (including phenoxy) is 1. The second-order valence-corrected chi connectivity index (χ2v) is 7.98. The van der Waals surface area contributed by atoms with E-state index >= 15 is 0 Å². The number of nitrogens with zero attached hydrogens (tertiary/aromatic N) is 1. The minimum absolute atomic E-state index is 0.189. The van der Waals surface area contributed by atoms with Crippen molar-refractivity contribution in [3.05, 3.63) is 54.3 Å². The molecule has 0 radical (unpaired) electrons. The van der Waals surface area contributed by atoms with Gasteiger partial charge < -0.3 is 15.4 Å². The third-order valence-corrected chi connectivity index (χ3v) is 5.90. The molecule has 26 heavy (non-hydrogen) atoms. The Bertz CT molecular complexity index is 882. The molecule has 0 aliphatic carbocycles. The maximum Gasteiger partial charge on any atom is 0.243 e. The molecule has 1 aliphatic rings. The highest BCUT2D eigenvalue weighted by Crippen LogP contribution is 2.21. The number of morpholine rings is 1. The molecule has 3 rings (SSSR count). The van der Waals surface area contributed by atoms with Crippen LogP contribution in [0.4, 0.5) is 15.8 Å². The standard InChI is InChI=1S/C17H18FN3O3S2/c18-13-4-6-14(7-5-13)19-17(25)20-15-2-1-3-16(12-15)26(22,23)21-8-10-24-11-9-21/h1-7,12H,8-11H2,(H2,19,20,25). The predicted molar refractivity (Wildman–Crippen MR) is 102 cm³/mol. The number of halogens is 1. The van der Waals surface area contributed by atoms with Crippen molar-refractivity contribution in [2.45, 2.75) is 4.90 Å². The molecule has 0 spiro atoms. The van der Waals surface area contributed by atoms with E-state index in [1.165, 1.54) is 22.5 Å². The topological polar surface area (TPSA) is 70.7 Å². The minimum atomic E-state index is -3.58. The van der Waals surface area contributed by atoms with Crippen LogP contribution in [0.1, 0.15) is 0 Å². The molecule has 0 amide bonds. The average molecular weight is 395 g/mol. The van der Waals surface area contributed by atoms with Crippen LogP contribution in [-0.4, -0.2) is 44.1 Å². The number of hydrogen-bond acceptors (Lipinski definition) is 4. The first-order valence-electron chi connectivity index (χ1n) is 7.97. The Hall–Kier alpha value is -2.07. The van der Waals surface area contributed by atoms with Gasteiger partial charge in [0.05, 0.1) is 18.1 Å². The number of thiocarbonyl (C=S) groups is 1. The average Bonchev–Trinajstić information content (AvgIpc) is 2.64. The van der Waals surface area contributed by atoms with E-state index in [4.69, 9.17) is 17.0 Å². The van der Waals surface area contributed by atoms with Crippen LogP contribution in [0.5, 0.6) is 0 Å². The fraction of sp³-hybridized carbons (Fsp3) is 0.235. The first kappa shape index (κ1) is 18.7. The Morgan fingerprint density at radius 3 is 2.38 bits per heavy atom. The summed E-state index contributed by atoms with van der Waals surface area (Å²) >= 11 is 5.22. The Morgan fingerprint density at radius 1 is 1.04 bits per heavy atom. The Balaban J connectivity index is 1.70. The van der Waals surface area contributed by atoms with Gasteiger partial charge in [0.1, 0.15) is 5.82 Å². The summed E-state index contributed by atoms with van der Waals surface area (Å²) in [5.74, 6) is -0.338. The normalized spacial score (nSPS) is 15.4. The van der Waals surface area contributed by atoms with Crippen molar-refractivity contribution in [3.8, 4) is 0 Å². The molecule has 2 aromatic carbocycles. The van der Waals surface area contributed by atoms with Crippen LogP contribution >= 0.6 is 12.2 Å². The first-order valence-corrected chi connectivity index (χ1v) is 9.81. The predicted octanol–water partition coefficient (Wildman–Crippen LogP) is 2.66. The van der Waals surface area contributed by atoms with E-state index in [1.54, 1.807) is 30.3 Å². The number of sulfonamides is 1. The molecular weight excluding hydrogens is 377 g/mol. The summed E-state index contributed by atoms with van der Waals surface area (Å²) in [7, 11) is -3.58. The van der Waals surface area contributed by atoms with Gasteiger partial charge in [-0.3, -0.25) is 0 Å². The van der Waals surface area contributed by atoms with Crippen LogP contribution in [0.2, 0.25) is 0 Å². The van der Waals surface area contributed by atoms with E-state index < -0.39 is 10.0 Å². The first-order chi connectivity index (χ1) is 12.4. The number of benzene rings is 2. The molecule has 0 bridgehead atoms. The van der Waals surface area contributed by atoms with E-state index in [9.17, 15) is 12.8 Å². The van der Waals surface area contributed by atoms with Crippen molar-refractivity contribution in [1.82, 2.24) is 4.31 Å². The van der Waals surface area contributed by atoms with E-state index in [0.717, 1.165) is 0 Å². The zero-order valence-corrected chi connectivity index (χ0v) is 15.4. The highest BCUT2D eigenvalue weighted by atomic mass is 32.2. The van der Waals surface area contributed by atoms with Gasteiger partial charge in [0.25, 0.3) is 0 Å². The van der Waals surface area contributed by atoms with E-state index in [0.29, 0.717) is 37.7 Å². The van der Waals surface area contributed by atoms with E-state index in [1.807, 2.05) is 0 Å². The molecule has 0 atom stereocenters. The van der Waals surface area contributed by atoms with Crippen LogP contribution in [-0.2, 0) is 14.8 Å². The summed E-state index contributed by atoms with van der Waals surface area (Å²) in [6, 6.07) is 12.2. The van der Waals surface area contributed by atoms with Gasteiger partial charge in [-0.05, 0) is 54.7 Å². The van der Waals surface area contributed by atoms with E-state index in [2.05, 4.69) is 10.6 Å². The Kier molecular flexibility index (Phi) is 5.82. The molecule has 2 aromatic rings. The summed E-state index contributed by atoms with van der Waals surface area (Å²) in [6.07, 6.45) is 0. The molecule has 138 valence electrons. The van der Waals surface area contributed by atoms with Gasteiger partial charge in [0.15, 0.2) is 5.11 Å². The minimum Gasteiger partial charge on any atom is -0.379 e. The zero-order chi connectivity index (χ0) is 18.6. The van der Waals surface area contributed by atoms with Gasteiger partial charge >= 0.3 is 0 Å². The van der Waals surface area contributed by atoms with Crippen LogP contribution in [0, 0.1) is 5.82 Å². The van der Waals surface area contributed by atoms with Gasteiger partial charge in [-0.15, -0.1) is 0 Å². The third kappa shape index (κ3) is 4.55. The lowest BCUT2D eigenvalue weighted by Gasteiger charge is -2.26. The fourth-order valence-corrected chi connectivity index (χ4v) is 4.19. The van der Waals surface area contributed by atoms with Crippen molar-refractivity contribution < 1.29 is 17.5 Å². The van der Waals surface area contributed by atoms with Gasteiger partial charge in [-0.1, -0.05) is 6.07 Å². The van der Waals surface area contributed by atoms with Gasteiger partial charge in [-0.2, -0.15) is 4.31 Å². The lowest BCUT2D eigenvalue weighted by atomic mass is 10.3. The molecule has 1 saturated heterocycles. The molecule has 1 fully saturated rings. The molecule has 9 heteroatoms.